The summed E-state index contributed by atoms with van der Waals surface area (Å²) < 4.78 is 4.87. The fourth-order valence-electron chi connectivity index (χ4n) is 1.56. The van der Waals surface area contributed by atoms with E-state index in [1.807, 2.05) is 14.1 Å². The molecular weight excluding hydrogens is 272 g/mol. The van der Waals surface area contributed by atoms with E-state index in [1.165, 1.54) is 0 Å². The average Bonchev–Trinajstić information content (AvgIpc) is 2.84. The predicted molar refractivity (Wildman–Crippen MR) is 78.3 cm³/mol. The lowest BCUT2D eigenvalue weighted by molar-refractivity contribution is 0.102. The summed E-state index contributed by atoms with van der Waals surface area (Å²) in [4.78, 5) is 14.0. The molecule has 8 heteroatoms. The van der Waals surface area contributed by atoms with E-state index in [2.05, 4.69) is 30.9 Å². The van der Waals surface area contributed by atoms with Crippen LogP contribution in [-0.2, 0) is 0 Å². The maximum Gasteiger partial charge on any atom is 0.277 e. The molecule has 2 aromatic rings. The summed E-state index contributed by atoms with van der Waals surface area (Å²) in [5, 5.41) is 17.2. The molecule has 1 amide bonds. The van der Waals surface area contributed by atoms with Crippen molar-refractivity contribution in [3.63, 3.8) is 0 Å². The van der Waals surface area contributed by atoms with Crippen molar-refractivity contribution in [3.05, 3.63) is 29.7 Å². The third-order valence-electron chi connectivity index (χ3n) is 2.63. The smallest absolute Gasteiger partial charge is 0.277 e. The van der Waals surface area contributed by atoms with E-state index in [9.17, 15) is 4.79 Å². The fourth-order valence-corrected chi connectivity index (χ4v) is 1.56. The predicted octanol–water partition coefficient (Wildman–Crippen LogP) is 0.999. The molecule has 112 valence electrons. The summed E-state index contributed by atoms with van der Waals surface area (Å²) in [7, 11) is 3.98. The van der Waals surface area contributed by atoms with Crippen LogP contribution < -0.4 is 10.6 Å². The molecule has 8 nitrogen and oxygen atoms in total. The third-order valence-corrected chi connectivity index (χ3v) is 2.63. The first-order valence-corrected chi connectivity index (χ1v) is 6.51. The van der Waals surface area contributed by atoms with Crippen molar-refractivity contribution in [2.45, 2.75) is 6.92 Å². The van der Waals surface area contributed by atoms with Crippen LogP contribution in [0, 0.1) is 6.92 Å². The Balaban J connectivity index is 1.90. The molecule has 0 saturated heterocycles. The third kappa shape index (κ3) is 4.53. The standard InChI is InChI=1S/C13H18N6O2/c1-9-8-12(18-21-9)15-13(20)10-4-5-11(17-16-10)14-6-7-19(2)3/h4-5,8H,6-7H2,1-3H3,(H,14,17)(H,15,18,20). The Morgan fingerprint density at radius 1 is 1.29 bits per heavy atom. The molecular formula is C13H18N6O2. The van der Waals surface area contributed by atoms with E-state index < -0.39 is 0 Å². The number of anilines is 2. The van der Waals surface area contributed by atoms with Gasteiger partial charge in [-0.2, -0.15) is 0 Å². The maximum atomic E-state index is 11.9. The SMILES string of the molecule is Cc1cc(NC(=O)c2ccc(NCCN(C)C)nn2)no1. The Labute approximate surface area is 122 Å². The average molecular weight is 290 g/mol. The van der Waals surface area contributed by atoms with E-state index in [1.54, 1.807) is 25.1 Å². The quantitative estimate of drug-likeness (QED) is 0.819. The van der Waals surface area contributed by atoms with E-state index >= 15 is 0 Å². The molecule has 0 aliphatic rings. The number of rotatable bonds is 6. The number of nitrogens with one attached hydrogen (secondary N) is 2. The van der Waals surface area contributed by atoms with Gasteiger partial charge in [0.15, 0.2) is 11.5 Å². The number of nitrogens with zero attached hydrogens (tertiary/aromatic N) is 4. The molecule has 2 N–H and O–H groups in total. The zero-order valence-corrected chi connectivity index (χ0v) is 12.3. The number of carbonyl (C=O) groups excluding carboxylic acids is 1. The molecule has 0 aromatic carbocycles. The monoisotopic (exact) mass is 290 g/mol. The first-order valence-electron chi connectivity index (χ1n) is 6.51. The second-order valence-corrected chi connectivity index (χ2v) is 4.81. The zero-order chi connectivity index (χ0) is 15.2. The molecule has 0 radical (unpaired) electrons. The summed E-state index contributed by atoms with van der Waals surface area (Å²) in [6.45, 7) is 3.39. The number of carbonyl (C=O) groups is 1. The molecule has 2 aromatic heterocycles. The minimum absolute atomic E-state index is 0.216. The Bertz CT molecular complexity index is 593. The van der Waals surface area contributed by atoms with Gasteiger partial charge in [-0.05, 0) is 33.2 Å². The number of aromatic nitrogens is 3. The van der Waals surface area contributed by atoms with Crippen molar-refractivity contribution in [3.8, 4) is 0 Å². The normalized spacial score (nSPS) is 10.7. The van der Waals surface area contributed by atoms with Crippen LogP contribution >= 0.6 is 0 Å². The molecule has 0 fully saturated rings. The van der Waals surface area contributed by atoms with Gasteiger partial charge in [0.25, 0.3) is 5.91 Å². The molecule has 0 aliphatic carbocycles. The van der Waals surface area contributed by atoms with Crippen LogP contribution in [0.15, 0.2) is 22.7 Å². The number of amides is 1. The Morgan fingerprint density at radius 2 is 2.10 bits per heavy atom. The molecule has 2 heterocycles. The van der Waals surface area contributed by atoms with Crippen molar-refractivity contribution in [2.75, 3.05) is 37.8 Å². The highest BCUT2D eigenvalue weighted by Gasteiger charge is 2.10. The topological polar surface area (TPSA) is 96.2 Å². The molecule has 0 bridgehead atoms. The Kier molecular flexibility index (Phi) is 4.83. The maximum absolute atomic E-state index is 11.9. The van der Waals surface area contributed by atoms with Crippen LogP contribution in [-0.4, -0.2) is 53.3 Å². The highest BCUT2D eigenvalue weighted by Crippen LogP contribution is 2.09. The van der Waals surface area contributed by atoms with E-state index in [4.69, 9.17) is 4.52 Å². The van der Waals surface area contributed by atoms with Gasteiger partial charge in [0.1, 0.15) is 11.6 Å². The van der Waals surface area contributed by atoms with Crippen LogP contribution in [0.5, 0.6) is 0 Å². The van der Waals surface area contributed by atoms with E-state index in [-0.39, 0.29) is 11.6 Å². The van der Waals surface area contributed by atoms with E-state index in [0.717, 1.165) is 13.1 Å². The van der Waals surface area contributed by atoms with Gasteiger partial charge < -0.3 is 20.1 Å². The molecule has 0 saturated carbocycles. The van der Waals surface area contributed by atoms with Crippen molar-refractivity contribution in [2.24, 2.45) is 0 Å². The van der Waals surface area contributed by atoms with Crippen LogP contribution in [0.1, 0.15) is 16.2 Å². The minimum Gasteiger partial charge on any atom is -0.367 e. The minimum atomic E-state index is -0.379. The molecule has 0 spiro atoms. The van der Waals surface area contributed by atoms with Gasteiger partial charge in [0.2, 0.25) is 0 Å². The van der Waals surface area contributed by atoms with Gasteiger partial charge in [-0.3, -0.25) is 4.79 Å². The van der Waals surface area contributed by atoms with Crippen molar-refractivity contribution in [1.82, 2.24) is 20.3 Å². The first kappa shape index (κ1) is 14.9. The summed E-state index contributed by atoms with van der Waals surface area (Å²) >= 11 is 0. The van der Waals surface area contributed by atoms with Gasteiger partial charge >= 0.3 is 0 Å². The molecule has 21 heavy (non-hydrogen) atoms. The van der Waals surface area contributed by atoms with Gasteiger partial charge in [-0.1, -0.05) is 5.16 Å². The van der Waals surface area contributed by atoms with Gasteiger partial charge in [-0.15, -0.1) is 10.2 Å². The Morgan fingerprint density at radius 3 is 2.67 bits per heavy atom. The highest BCUT2D eigenvalue weighted by molar-refractivity contribution is 6.02. The lowest BCUT2D eigenvalue weighted by atomic mass is 10.3. The number of hydrogen-bond donors (Lipinski definition) is 2. The van der Waals surface area contributed by atoms with Crippen molar-refractivity contribution in [1.29, 1.82) is 0 Å². The first-order chi connectivity index (χ1) is 10.0. The lowest BCUT2D eigenvalue weighted by Crippen LogP contribution is -2.21. The lowest BCUT2D eigenvalue weighted by Gasteiger charge is -2.10. The number of aryl methyl sites for hydroxylation is 1. The molecule has 0 aliphatic heterocycles. The number of likely N-dealkylation sites (N-methyl/N-ethyl adjacent to an activating group) is 1. The molecule has 0 atom stereocenters. The van der Waals surface area contributed by atoms with Crippen LogP contribution in [0.4, 0.5) is 11.6 Å². The van der Waals surface area contributed by atoms with Crippen LogP contribution in [0.2, 0.25) is 0 Å². The molecule has 0 unspecified atom stereocenters. The van der Waals surface area contributed by atoms with Crippen molar-refractivity contribution >= 4 is 17.5 Å². The Hall–Kier alpha value is -2.48. The largest absolute Gasteiger partial charge is 0.367 e. The summed E-state index contributed by atoms with van der Waals surface area (Å²) in [5.74, 6) is 1.23. The second kappa shape index (κ2) is 6.80. The fraction of sp³-hybridized carbons (Fsp3) is 0.385. The second-order valence-electron chi connectivity index (χ2n) is 4.81. The summed E-state index contributed by atoms with van der Waals surface area (Å²) in [6, 6.07) is 4.95. The van der Waals surface area contributed by atoms with Crippen LogP contribution in [0.25, 0.3) is 0 Å². The zero-order valence-electron chi connectivity index (χ0n) is 12.3. The van der Waals surface area contributed by atoms with Gasteiger partial charge in [0, 0.05) is 19.2 Å². The van der Waals surface area contributed by atoms with Gasteiger partial charge in [-0.25, -0.2) is 0 Å². The number of hydrogen-bond acceptors (Lipinski definition) is 7. The van der Waals surface area contributed by atoms with Crippen LogP contribution in [0.3, 0.4) is 0 Å². The summed E-state index contributed by atoms with van der Waals surface area (Å²) in [5.41, 5.74) is 0.216. The summed E-state index contributed by atoms with van der Waals surface area (Å²) in [6.07, 6.45) is 0. The van der Waals surface area contributed by atoms with Gasteiger partial charge in [0.05, 0.1) is 0 Å². The highest BCUT2D eigenvalue weighted by atomic mass is 16.5. The van der Waals surface area contributed by atoms with Crippen molar-refractivity contribution < 1.29 is 9.32 Å². The molecule has 2 rings (SSSR count). The van der Waals surface area contributed by atoms with E-state index in [0.29, 0.717) is 17.4 Å².